The number of hydrogen-bond donors (Lipinski definition) is 3. The number of nitrogens with one attached hydrogen (secondary N) is 2. The van der Waals surface area contributed by atoms with Gasteiger partial charge in [-0.1, -0.05) is 5.16 Å². The fraction of sp³-hybridized carbons (Fsp3) is 0.0833. The third kappa shape index (κ3) is 2.26. The first-order valence-electron chi connectivity index (χ1n) is 5.82. The van der Waals surface area contributed by atoms with E-state index in [9.17, 15) is 8.42 Å². The van der Waals surface area contributed by atoms with Gasteiger partial charge >= 0.3 is 0 Å². The predicted molar refractivity (Wildman–Crippen MR) is 73.2 cm³/mol. The highest BCUT2D eigenvalue weighted by atomic mass is 32.2. The number of aromatic amines is 1. The Morgan fingerprint density at radius 1 is 1.35 bits per heavy atom. The molecule has 0 spiro atoms. The number of anilines is 1. The van der Waals surface area contributed by atoms with Gasteiger partial charge in [0.25, 0.3) is 0 Å². The van der Waals surface area contributed by atoms with Crippen LogP contribution >= 0.6 is 0 Å². The third-order valence-corrected chi connectivity index (χ3v) is 4.33. The maximum Gasteiger partial charge on any atom is 0.243 e. The van der Waals surface area contributed by atoms with Crippen LogP contribution < -0.4 is 10.5 Å². The Labute approximate surface area is 114 Å². The summed E-state index contributed by atoms with van der Waals surface area (Å²) in [6.07, 6.45) is 2.89. The molecular weight excluding hydrogens is 280 g/mol. The Balaban J connectivity index is 1.94. The number of aromatic nitrogens is 2. The van der Waals surface area contributed by atoms with Crippen LogP contribution in [0.15, 0.2) is 46.1 Å². The molecule has 0 atom stereocenters. The van der Waals surface area contributed by atoms with E-state index in [1.807, 2.05) is 0 Å². The van der Waals surface area contributed by atoms with Crippen molar-refractivity contribution < 1.29 is 12.9 Å². The minimum atomic E-state index is -3.66. The lowest BCUT2D eigenvalue weighted by Crippen LogP contribution is -2.22. The van der Waals surface area contributed by atoms with E-state index in [4.69, 9.17) is 10.3 Å². The number of H-pyrrole nitrogens is 1. The largest absolute Gasteiger partial charge is 0.399 e. The zero-order valence-electron chi connectivity index (χ0n) is 10.3. The molecule has 8 heteroatoms. The summed E-state index contributed by atoms with van der Waals surface area (Å²) in [4.78, 5) is 3.06. The van der Waals surface area contributed by atoms with Gasteiger partial charge in [-0.25, -0.2) is 13.1 Å². The number of fused-ring (bicyclic) bond motifs is 1. The number of sulfonamides is 1. The highest BCUT2D eigenvalue weighted by Gasteiger charge is 2.19. The van der Waals surface area contributed by atoms with Crippen molar-refractivity contribution in [3.05, 3.63) is 42.4 Å². The smallest absolute Gasteiger partial charge is 0.243 e. The summed E-state index contributed by atoms with van der Waals surface area (Å²) in [6, 6.07) is 6.65. The van der Waals surface area contributed by atoms with Gasteiger partial charge in [-0.2, -0.15) is 0 Å². The van der Waals surface area contributed by atoms with E-state index in [1.165, 1.54) is 12.4 Å². The molecule has 20 heavy (non-hydrogen) atoms. The maximum absolute atomic E-state index is 12.3. The zero-order chi connectivity index (χ0) is 14.2. The van der Waals surface area contributed by atoms with Crippen molar-refractivity contribution in [1.82, 2.24) is 14.9 Å². The van der Waals surface area contributed by atoms with Gasteiger partial charge in [0, 0.05) is 28.9 Å². The molecule has 0 aliphatic rings. The molecule has 0 fully saturated rings. The first-order chi connectivity index (χ1) is 9.56. The lowest BCUT2D eigenvalue weighted by atomic mass is 10.2. The Morgan fingerprint density at radius 3 is 2.95 bits per heavy atom. The quantitative estimate of drug-likeness (QED) is 0.625. The molecule has 3 rings (SSSR count). The molecule has 1 aromatic carbocycles. The van der Waals surface area contributed by atoms with Crippen LogP contribution in [0.5, 0.6) is 0 Å². The molecule has 0 aliphatic carbocycles. The second kappa shape index (κ2) is 4.66. The summed E-state index contributed by atoms with van der Waals surface area (Å²) >= 11 is 0. The van der Waals surface area contributed by atoms with Crippen molar-refractivity contribution in [3.63, 3.8) is 0 Å². The van der Waals surface area contributed by atoms with Crippen LogP contribution in [0.3, 0.4) is 0 Å². The minimum Gasteiger partial charge on any atom is -0.399 e. The van der Waals surface area contributed by atoms with Crippen molar-refractivity contribution in [2.24, 2.45) is 0 Å². The molecule has 0 saturated heterocycles. The van der Waals surface area contributed by atoms with Crippen molar-refractivity contribution in [3.8, 4) is 0 Å². The normalized spacial score (nSPS) is 12.0. The van der Waals surface area contributed by atoms with Crippen molar-refractivity contribution in [2.45, 2.75) is 11.4 Å². The Kier molecular flexibility index (Phi) is 2.96. The lowest BCUT2D eigenvalue weighted by Gasteiger charge is -2.04. The highest BCUT2D eigenvalue weighted by molar-refractivity contribution is 7.89. The summed E-state index contributed by atoms with van der Waals surface area (Å²) in [7, 11) is -3.66. The van der Waals surface area contributed by atoms with Gasteiger partial charge in [-0.05, 0) is 18.2 Å². The highest BCUT2D eigenvalue weighted by Crippen LogP contribution is 2.24. The van der Waals surface area contributed by atoms with Gasteiger partial charge < -0.3 is 15.2 Å². The van der Waals surface area contributed by atoms with Crippen molar-refractivity contribution in [1.29, 1.82) is 0 Å². The monoisotopic (exact) mass is 292 g/mol. The molecule has 0 bridgehead atoms. The van der Waals surface area contributed by atoms with E-state index in [0.717, 1.165) is 0 Å². The molecule has 104 valence electrons. The molecule has 2 aromatic heterocycles. The summed E-state index contributed by atoms with van der Waals surface area (Å²) < 4.78 is 31.9. The fourth-order valence-corrected chi connectivity index (χ4v) is 3.07. The van der Waals surface area contributed by atoms with E-state index in [2.05, 4.69) is 14.9 Å². The lowest BCUT2D eigenvalue weighted by molar-refractivity contribution is 0.380. The van der Waals surface area contributed by atoms with Gasteiger partial charge in [0.15, 0.2) is 5.76 Å². The number of nitrogen functional groups attached to an aromatic ring is 1. The van der Waals surface area contributed by atoms with E-state index >= 15 is 0 Å². The number of rotatable bonds is 4. The first kappa shape index (κ1) is 12.7. The SMILES string of the molecule is Nc1ccc2[nH]cc(S(=O)(=O)NCc3ccno3)c2c1. The molecular formula is C12H12N4O3S. The van der Waals surface area contributed by atoms with Gasteiger partial charge in [-0.3, -0.25) is 0 Å². The predicted octanol–water partition coefficient (Wildman–Crippen LogP) is 1.22. The van der Waals surface area contributed by atoms with Crippen molar-refractivity contribution in [2.75, 3.05) is 5.73 Å². The topological polar surface area (TPSA) is 114 Å². The summed E-state index contributed by atoms with van der Waals surface area (Å²) in [5.41, 5.74) is 6.91. The average Bonchev–Trinajstić information content (AvgIpc) is 3.05. The molecule has 2 heterocycles. The first-order valence-corrected chi connectivity index (χ1v) is 7.30. The molecule has 7 nitrogen and oxygen atoms in total. The van der Waals surface area contributed by atoms with Crippen LogP contribution in [-0.4, -0.2) is 18.6 Å². The molecule has 0 aliphatic heterocycles. The maximum atomic E-state index is 12.3. The van der Waals surface area contributed by atoms with Crippen LogP contribution in [-0.2, 0) is 16.6 Å². The summed E-state index contributed by atoms with van der Waals surface area (Å²) in [5, 5.41) is 4.07. The molecule has 0 unspecified atom stereocenters. The van der Waals surface area contributed by atoms with Crippen molar-refractivity contribution >= 4 is 26.6 Å². The van der Waals surface area contributed by atoms with Gasteiger partial charge in [-0.15, -0.1) is 0 Å². The Morgan fingerprint density at radius 2 is 2.20 bits per heavy atom. The number of benzene rings is 1. The third-order valence-electron chi connectivity index (χ3n) is 2.89. The molecule has 4 N–H and O–H groups in total. The minimum absolute atomic E-state index is 0.0390. The second-order valence-corrected chi connectivity index (χ2v) is 6.00. The second-order valence-electron chi connectivity index (χ2n) is 4.26. The molecule has 0 amide bonds. The number of nitrogens with zero attached hydrogens (tertiary/aromatic N) is 1. The molecule has 3 aromatic rings. The van der Waals surface area contributed by atoms with E-state index < -0.39 is 10.0 Å². The molecule has 0 saturated carbocycles. The van der Waals surface area contributed by atoms with Crippen LogP contribution in [0.2, 0.25) is 0 Å². The average molecular weight is 292 g/mol. The van der Waals surface area contributed by atoms with Crippen LogP contribution in [0.1, 0.15) is 5.76 Å². The number of hydrogen-bond acceptors (Lipinski definition) is 5. The van der Waals surface area contributed by atoms with Gasteiger partial charge in [0.2, 0.25) is 10.0 Å². The standard InChI is InChI=1S/C12H12N4O3S/c13-8-1-2-11-10(5-8)12(7-14-11)20(17,18)16-6-9-3-4-15-19-9/h1-5,7,14,16H,6,13H2. The van der Waals surface area contributed by atoms with Gasteiger partial charge in [0.05, 0.1) is 12.7 Å². The zero-order valence-corrected chi connectivity index (χ0v) is 11.1. The van der Waals surface area contributed by atoms with E-state index in [-0.39, 0.29) is 11.4 Å². The Hall–Kier alpha value is -2.32. The fourth-order valence-electron chi connectivity index (χ4n) is 1.91. The van der Waals surface area contributed by atoms with Crippen LogP contribution in [0, 0.1) is 0 Å². The van der Waals surface area contributed by atoms with E-state index in [1.54, 1.807) is 24.3 Å². The summed E-state index contributed by atoms with van der Waals surface area (Å²) in [5.74, 6) is 0.438. The molecule has 0 radical (unpaired) electrons. The Bertz CT molecular complexity index is 837. The number of nitrogens with two attached hydrogens (primary N) is 1. The summed E-state index contributed by atoms with van der Waals surface area (Å²) in [6.45, 7) is 0.0390. The van der Waals surface area contributed by atoms with Crippen LogP contribution in [0.25, 0.3) is 10.9 Å². The van der Waals surface area contributed by atoms with Gasteiger partial charge in [0.1, 0.15) is 4.90 Å². The van der Waals surface area contributed by atoms with E-state index in [0.29, 0.717) is 22.4 Å². The van der Waals surface area contributed by atoms with Crippen LogP contribution in [0.4, 0.5) is 5.69 Å².